The predicted octanol–water partition coefficient (Wildman–Crippen LogP) is 2.37. The Bertz CT molecular complexity index is 968. The number of hydrogen-bond acceptors (Lipinski definition) is 8. The van der Waals surface area contributed by atoms with Crippen molar-refractivity contribution in [2.24, 2.45) is 0 Å². The van der Waals surface area contributed by atoms with E-state index in [4.69, 9.17) is 4.18 Å². The number of nitrogens with zero attached hydrogens (tertiary/aromatic N) is 3. The maximum atomic E-state index is 12.3. The van der Waals surface area contributed by atoms with E-state index in [1.54, 1.807) is 6.07 Å². The van der Waals surface area contributed by atoms with Gasteiger partial charge in [-0.05, 0) is 18.2 Å². The number of non-ortho nitro benzene ring substituents is 1. The van der Waals surface area contributed by atoms with Crippen LogP contribution < -0.4 is 4.18 Å². The van der Waals surface area contributed by atoms with Gasteiger partial charge in [0.1, 0.15) is 21.7 Å². The second-order valence-electron chi connectivity index (χ2n) is 4.18. The number of hydrogen-bond donors (Lipinski definition) is 0. The first kappa shape index (κ1) is 14.4. The second-order valence-corrected chi connectivity index (χ2v) is 6.22. The molecule has 0 saturated heterocycles. The van der Waals surface area contributed by atoms with E-state index in [-0.39, 0.29) is 21.8 Å². The smallest absolute Gasteiger partial charge is 0.341 e. The van der Waals surface area contributed by atoms with Crippen LogP contribution in [0.15, 0.2) is 47.4 Å². The second kappa shape index (κ2) is 5.31. The zero-order chi connectivity index (χ0) is 15.7. The Labute approximate surface area is 128 Å². The lowest BCUT2D eigenvalue weighted by molar-refractivity contribution is -0.384. The summed E-state index contributed by atoms with van der Waals surface area (Å²) in [6, 6.07) is 9.44. The highest BCUT2D eigenvalue weighted by Gasteiger charge is 2.22. The first-order valence-corrected chi connectivity index (χ1v) is 8.01. The first-order valence-electron chi connectivity index (χ1n) is 5.87. The number of benzene rings is 2. The average Bonchev–Trinajstić information content (AvgIpc) is 2.95. The summed E-state index contributed by atoms with van der Waals surface area (Å²) in [4.78, 5) is 9.94. The molecule has 3 rings (SSSR count). The molecule has 0 aliphatic heterocycles. The molecule has 0 saturated carbocycles. The van der Waals surface area contributed by atoms with E-state index in [9.17, 15) is 18.5 Å². The molecule has 0 amide bonds. The van der Waals surface area contributed by atoms with Crippen LogP contribution in [0.2, 0.25) is 0 Å². The normalized spacial score (nSPS) is 11.5. The Morgan fingerprint density at radius 3 is 2.68 bits per heavy atom. The van der Waals surface area contributed by atoms with E-state index in [1.807, 2.05) is 0 Å². The largest absolute Gasteiger partial charge is 0.379 e. The Morgan fingerprint density at radius 2 is 1.91 bits per heavy atom. The number of aromatic nitrogens is 2. The van der Waals surface area contributed by atoms with Crippen molar-refractivity contribution in [3.8, 4) is 5.75 Å². The first-order chi connectivity index (χ1) is 10.5. The van der Waals surface area contributed by atoms with E-state index in [0.29, 0.717) is 5.52 Å². The maximum absolute atomic E-state index is 12.3. The summed E-state index contributed by atoms with van der Waals surface area (Å²) in [5.74, 6) is -0.144. The fraction of sp³-hybridized carbons (Fsp3) is 0. The van der Waals surface area contributed by atoms with E-state index in [1.165, 1.54) is 30.3 Å². The molecule has 0 spiro atoms. The standard InChI is InChI=1S/C12H7N3O5S2/c16-15(17)8-3-1-4-9(7-8)20-22(18,19)11-6-2-5-10-12(11)14-21-13-10/h1-7H. The minimum Gasteiger partial charge on any atom is -0.379 e. The molecule has 0 N–H and O–H groups in total. The molecule has 10 heteroatoms. The van der Waals surface area contributed by atoms with Gasteiger partial charge in [-0.2, -0.15) is 17.2 Å². The van der Waals surface area contributed by atoms with Crippen molar-refractivity contribution >= 4 is 38.6 Å². The molecule has 1 aromatic heterocycles. The molecule has 0 atom stereocenters. The van der Waals surface area contributed by atoms with Gasteiger partial charge in [0.15, 0.2) is 0 Å². The van der Waals surface area contributed by atoms with Gasteiger partial charge in [0, 0.05) is 6.07 Å². The van der Waals surface area contributed by atoms with Gasteiger partial charge in [-0.1, -0.05) is 12.1 Å². The monoisotopic (exact) mass is 337 g/mol. The van der Waals surface area contributed by atoms with Crippen LogP contribution in [-0.2, 0) is 10.1 Å². The highest BCUT2D eigenvalue weighted by Crippen LogP contribution is 2.26. The number of nitro groups is 1. The Hall–Kier alpha value is -2.59. The van der Waals surface area contributed by atoms with Crippen LogP contribution in [-0.4, -0.2) is 22.1 Å². The fourth-order valence-electron chi connectivity index (χ4n) is 1.80. The molecule has 3 aromatic rings. The van der Waals surface area contributed by atoms with E-state index < -0.39 is 15.0 Å². The summed E-state index contributed by atoms with van der Waals surface area (Å²) in [5, 5.41) is 10.7. The van der Waals surface area contributed by atoms with Crippen LogP contribution >= 0.6 is 11.7 Å². The van der Waals surface area contributed by atoms with Crippen molar-refractivity contribution in [2.45, 2.75) is 4.90 Å². The molecule has 0 unspecified atom stereocenters. The molecule has 0 radical (unpaired) electrons. The quantitative estimate of drug-likeness (QED) is 0.408. The molecule has 112 valence electrons. The van der Waals surface area contributed by atoms with Gasteiger partial charge in [-0.25, -0.2) is 0 Å². The zero-order valence-corrected chi connectivity index (χ0v) is 12.4. The van der Waals surface area contributed by atoms with Crippen molar-refractivity contribution in [3.63, 3.8) is 0 Å². The van der Waals surface area contributed by atoms with Gasteiger partial charge in [0.25, 0.3) is 5.69 Å². The fourth-order valence-corrected chi connectivity index (χ4v) is 3.49. The molecule has 2 aromatic carbocycles. The number of fused-ring (bicyclic) bond motifs is 1. The third kappa shape index (κ3) is 2.61. The number of nitro benzene ring substituents is 1. The van der Waals surface area contributed by atoms with Gasteiger partial charge in [-0.15, -0.1) is 0 Å². The van der Waals surface area contributed by atoms with E-state index in [2.05, 4.69) is 8.75 Å². The number of rotatable bonds is 4. The van der Waals surface area contributed by atoms with Gasteiger partial charge < -0.3 is 4.18 Å². The summed E-state index contributed by atoms with van der Waals surface area (Å²) in [7, 11) is -4.17. The lowest BCUT2D eigenvalue weighted by Gasteiger charge is -2.07. The van der Waals surface area contributed by atoms with Crippen molar-refractivity contribution in [1.29, 1.82) is 0 Å². The van der Waals surface area contributed by atoms with Crippen molar-refractivity contribution in [1.82, 2.24) is 8.75 Å². The van der Waals surface area contributed by atoms with Crippen LogP contribution in [0.4, 0.5) is 5.69 Å². The van der Waals surface area contributed by atoms with Crippen LogP contribution in [0, 0.1) is 10.1 Å². The van der Waals surface area contributed by atoms with E-state index in [0.717, 1.165) is 17.8 Å². The molecule has 0 aliphatic rings. The minimum absolute atomic E-state index is 0.134. The predicted molar refractivity (Wildman–Crippen MR) is 78.3 cm³/mol. The molecule has 0 fully saturated rings. The van der Waals surface area contributed by atoms with Crippen LogP contribution in [0.25, 0.3) is 11.0 Å². The summed E-state index contributed by atoms with van der Waals surface area (Å²) in [6.45, 7) is 0. The molecule has 0 aliphatic carbocycles. The van der Waals surface area contributed by atoms with E-state index >= 15 is 0 Å². The SMILES string of the molecule is O=[N+]([O-])c1cccc(OS(=O)(=O)c2cccc3nsnc23)c1. The van der Waals surface area contributed by atoms with Crippen molar-refractivity contribution in [3.05, 3.63) is 52.6 Å². The van der Waals surface area contributed by atoms with Gasteiger partial charge in [0.2, 0.25) is 0 Å². The van der Waals surface area contributed by atoms with Gasteiger partial charge in [0.05, 0.1) is 22.7 Å². The van der Waals surface area contributed by atoms with Gasteiger partial charge >= 0.3 is 10.1 Å². The summed E-state index contributed by atoms with van der Waals surface area (Å²) < 4.78 is 37.5. The van der Waals surface area contributed by atoms with Crippen molar-refractivity contribution < 1.29 is 17.5 Å². The molecular weight excluding hydrogens is 330 g/mol. The molecule has 22 heavy (non-hydrogen) atoms. The van der Waals surface area contributed by atoms with Crippen LogP contribution in [0.3, 0.4) is 0 Å². The van der Waals surface area contributed by atoms with Crippen LogP contribution in [0.5, 0.6) is 5.75 Å². The molecule has 8 nitrogen and oxygen atoms in total. The lowest BCUT2D eigenvalue weighted by atomic mass is 10.3. The van der Waals surface area contributed by atoms with Crippen LogP contribution in [0.1, 0.15) is 0 Å². The third-order valence-electron chi connectivity index (χ3n) is 2.75. The summed E-state index contributed by atoms with van der Waals surface area (Å²) in [6.07, 6.45) is 0. The summed E-state index contributed by atoms with van der Waals surface area (Å²) >= 11 is 0.886. The van der Waals surface area contributed by atoms with Crippen molar-refractivity contribution in [2.75, 3.05) is 0 Å². The summed E-state index contributed by atoms with van der Waals surface area (Å²) in [5.41, 5.74) is 0.382. The maximum Gasteiger partial charge on any atom is 0.341 e. The Morgan fingerprint density at radius 1 is 1.14 bits per heavy atom. The molecule has 0 bridgehead atoms. The Balaban J connectivity index is 2.02. The highest BCUT2D eigenvalue weighted by molar-refractivity contribution is 7.87. The zero-order valence-electron chi connectivity index (χ0n) is 10.7. The average molecular weight is 337 g/mol. The Kier molecular flexibility index (Phi) is 3.47. The molecule has 1 heterocycles. The highest BCUT2D eigenvalue weighted by atomic mass is 32.2. The third-order valence-corrected chi connectivity index (χ3v) is 4.58. The topological polar surface area (TPSA) is 112 Å². The minimum atomic E-state index is -4.17. The lowest BCUT2D eigenvalue weighted by Crippen LogP contribution is -2.10. The molecular formula is C12H7N3O5S2. The van der Waals surface area contributed by atoms with Gasteiger partial charge in [-0.3, -0.25) is 10.1 Å².